The number of carboxylic acids is 1. The Bertz CT molecular complexity index is 603. The average molecular weight is 263 g/mol. The number of ether oxygens (including phenoxy) is 1. The Labute approximate surface area is 111 Å². The van der Waals surface area contributed by atoms with Crippen LogP contribution in [0.3, 0.4) is 0 Å². The number of furan rings is 1. The number of hydrogen-bond acceptors (Lipinski definition) is 4. The number of aryl methyl sites for hydroxylation is 1. The van der Waals surface area contributed by atoms with Crippen molar-refractivity contribution in [3.05, 3.63) is 29.5 Å². The van der Waals surface area contributed by atoms with E-state index in [1.807, 2.05) is 19.1 Å². The number of carbonyl (C=O) groups is 1. The first kappa shape index (κ1) is 13.4. The van der Waals surface area contributed by atoms with Gasteiger partial charge >= 0.3 is 5.97 Å². The topological polar surface area (TPSA) is 85.7 Å². The molecule has 1 atom stereocenters. The molecule has 2 aromatic rings. The molecule has 5 heteroatoms. The van der Waals surface area contributed by atoms with E-state index in [1.54, 1.807) is 13.2 Å². The van der Waals surface area contributed by atoms with Gasteiger partial charge < -0.3 is 20.0 Å². The van der Waals surface area contributed by atoms with Crippen LogP contribution in [0, 0.1) is 6.92 Å². The number of rotatable bonds is 5. The lowest BCUT2D eigenvalue weighted by atomic mass is 10.0. The summed E-state index contributed by atoms with van der Waals surface area (Å²) < 4.78 is 10.9. The summed E-state index contributed by atoms with van der Waals surface area (Å²) in [5.41, 5.74) is 7.56. The normalized spacial score (nSPS) is 12.6. The summed E-state index contributed by atoms with van der Waals surface area (Å²) in [7, 11) is 1.57. The fourth-order valence-electron chi connectivity index (χ4n) is 2.08. The van der Waals surface area contributed by atoms with Crippen LogP contribution in [-0.2, 0) is 4.79 Å². The minimum Gasteiger partial charge on any atom is -0.493 e. The molecular weight excluding hydrogens is 246 g/mol. The van der Waals surface area contributed by atoms with Gasteiger partial charge in [-0.05, 0) is 37.1 Å². The molecule has 0 spiro atoms. The van der Waals surface area contributed by atoms with E-state index in [-0.39, 0.29) is 12.5 Å². The van der Waals surface area contributed by atoms with Gasteiger partial charge in [-0.2, -0.15) is 0 Å². The molecule has 102 valence electrons. The van der Waals surface area contributed by atoms with Gasteiger partial charge in [0.15, 0.2) is 11.3 Å². The zero-order chi connectivity index (χ0) is 14.0. The van der Waals surface area contributed by atoms with Crippen molar-refractivity contribution in [2.45, 2.75) is 25.8 Å². The third-order valence-corrected chi connectivity index (χ3v) is 3.04. The van der Waals surface area contributed by atoms with E-state index in [9.17, 15) is 4.79 Å². The van der Waals surface area contributed by atoms with Crippen molar-refractivity contribution in [1.82, 2.24) is 0 Å². The molecule has 1 heterocycles. The van der Waals surface area contributed by atoms with Gasteiger partial charge in [0.1, 0.15) is 5.76 Å². The first-order valence-electron chi connectivity index (χ1n) is 6.06. The highest BCUT2D eigenvalue weighted by Crippen LogP contribution is 2.32. The van der Waals surface area contributed by atoms with Crippen LogP contribution in [-0.4, -0.2) is 18.2 Å². The van der Waals surface area contributed by atoms with Crippen molar-refractivity contribution in [1.29, 1.82) is 0 Å². The molecule has 1 aromatic carbocycles. The highest BCUT2D eigenvalue weighted by molar-refractivity contribution is 5.84. The quantitative estimate of drug-likeness (QED) is 0.866. The van der Waals surface area contributed by atoms with Crippen LogP contribution < -0.4 is 10.5 Å². The molecule has 19 heavy (non-hydrogen) atoms. The molecule has 0 aliphatic rings. The van der Waals surface area contributed by atoms with Crippen LogP contribution in [0.15, 0.2) is 22.6 Å². The first-order chi connectivity index (χ1) is 9.01. The summed E-state index contributed by atoms with van der Waals surface area (Å²) in [6.07, 6.45) is 0.437. The van der Waals surface area contributed by atoms with Gasteiger partial charge in [-0.15, -0.1) is 0 Å². The number of fused-ring (bicyclic) bond motifs is 1. The van der Waals surface area contributed by atoms with E-state index < -0.39 is 5.97 Å². The van der Waals surface area contributed by atoms with Gasteiger partial charge in [0.05, 0.1) is 7.11 Å². The van der Waals surface area contributed by atoms with E-state index in [0.29, 0.717) is 17.8 Å². The number of nitrogens with two attached hydrogens (primary N) is 1. The Morgan fingerprint density at radius 1 is 1.47 bits per heavy atom. The van der Waals surface area contributed by atoms with Crippen molar-refractivity contribution in [2.75, 3.05) is 7.11 Å². The second-order valence-corrected chi connectivity index (χ2v) is 4.54. The molecular formula is C14H17NO4. The van der Waals surface area contributed by atoms with Crippen molar-refractivity contribution in [2.24, 2.45) is 5.73 Å². The summed E-state index contributed by atoms with van der Waals surface area (Å²) in [5, 5.41) is 9.60. The Morgan fingerprint density at radius 3 is 2.84 bits per heavy atom. The van der Waals surface area contributed by atoms with Gasteiger partial charge in [0.2, 0.25) is 0 Å². The van der Waals surface area contributed by atoms with Crippen LogP contribution in [0.1, 0.15) is 30.2 Å². The second kappa shape index (κ2) is 5.32. The minimum atomic E-state index is -0.845. The van der Waals surface area contributed by atoms with Crippen molar-refractivity contribution in [3.63, 3.8) is 0 Å². The highest BCUT2D eigenvalue weighted by atomic mass is 16.5. The maximum atomic E-state index is 10.6. The van der Waals surface area contributed by atoms with Gasteiger partial charge in [-0.3, -0.25) is 4.79 Å². The number of carboxylic acid groups (broad SMARTS) is 1. The van der Waals surface area contributed by atoms with Crippen LogP contribution in [0.2, 0.25) is 0 Å². The molecule has 1 unspecified atom stereocenters. The molecule has 3 N–H and O–H groups in total. The summed E-state index contributed by atoms with van der Waals surface area (Å²) in [6, 6.07) is 5.30. The summed E-state index contributed by atoms with van der Waals surface area (Å²) in [4.78, 5) is 10.6. The zero-order valence-corrected chi connectivity index (χ0v) is 11.0. The van der Waals surface area contributed by atoms with E-state index in [2.05, 4.69) is 0 Å². The molecule has 0 radical (unpaired) electrons. The highest BCUT2D eigenvalue weighted by Gasteiger charge is 2.14. The fourth-order valence-corrected chi connectivity index (χ4v) is 2.08. The molecule has 0 saturated heterocycles. The van der Waals surface area contributed by atoms with Gasteiger partial charge in [-0.25, -0.2) is 0 Å². The third kappa shape index (κ3) is 2.88. The van der Waals surface area contributed by atoms with Gasteiger partial charge in [0, 0.05) is 17.8 Å². The van der Waals surface area contributed by atoms with Gasteiger partial charge in [-0.1, -0.05) is 0 Å². The summed E-state index contributed by atoms with van der Waals surface area (Å²) in [6.45, 7) is 1.86. The van der Waals surface area contributed by atoms with E-state index in [1.165, 1.54) is 0 Å². The molecule has 2 rings (SSSR count). The lowest BCUT2D eigenvalue weighted by Crippen LogP contribution is -2.12. The Morgan fingerprint density at radius 2 is 2.21 bits per heavy atom. The number of methoxy groups -OCH3 is 1. The Balaban J connectivity index is 2.35. The van der Waals surface area contributed by atoms with Crippen LogP contribution in [0.4, 0.5) is 0 Å². The Kier molecular flexibility index (Phi) is 3.76. The monoisotopic (exact) mass is 263 g/mol. The van der Waals surface area contributed by atoms with E-state index >= 15 is 0 Å². The number of hydrogen-bond donors (Lipinski definition) is 2. The minimum absolute atomic E-state index is 0.0476. The van der Waals surface area contributed by atoms with Crippen LogP contribution in [0.5, 0.6) is 5.75 Å². The average Bonchev–Trinajstić information content (AvgIpc) is 2.74. The Hall–Kier alpha value is -2.01. The molecule has 0 fully saturated rings. The van der Waals surface area contributed by atoms with E-state index in [0.717, 1.165) is 16.7 Å². The predicted molar refractivity (Wildman–Crippen MR) is 71.3 cm³/mol. The largest absolute Gasteiger partial charge is 0.493 e. The SMILES string of the molecule is COc1cc(C(N)CCC(=O)O)cc2cc(C)oc12. The molecule has 0 bridgehead atoms. The molecule has 5 nitrogen and oxygen atoms in total. The third-order valence-electron chi connectivity index (χ3n) is 3.04. The summed E-state index contributed by atoms with van der Waals surface area (Å²) in [5.74, 6) is 0.568. The van der Waals surface area contributed by atoms with E-state index in [4.69, 9.17) is 20.0 Å². The van der Waals surface area contributed by atoms with Crippen molar-refractivity contribution in [3.8, 4) is 5.75 Å². The smallest absolute Gasteiger partial charge is 0.303 e. The second-order valence-electron chi connectivity index (χ2n) is 4.54. The zero-order valence-electron chi connectivity index (χ0n) is 11.0. The molecule has 0 saturated carbocycles. The summed E-state index contributed by atoms with van der Waals surface area (Å²) >= 11 is 0. The maximum Gasteiger partial charge on any atom is 0.303 e. The predicted octanol–water partition coefficient (Wildman–Crippen LogP) is 2.61. The van der Waals surface area contributed by atoms with Crippen molar-refractivity contribution < 1.29 is 19.1 Å². The first-order valence-corrected chi connectivity index (χ1v) is 6.06. The van der Waals surface area contributed by atoms with Gasteiger partial charge in [0.25, 0.3) is 0 Å². The van der Waals surface area contributed by atoms with Crippen LogP contribution in [0.25, 0.3) is 11.0 Å². The lowest BCUT2D eigenvalue weighted by Gasteiger charge is -2.12. The number of aliphatic carboxylic acids is 1. The number of benzene rings is 1. The molecule has 0 aliphatic heterocycles. The molecule has 0 amide bonds. The maximum absolute atomic E-state index is 10.6. The lowest BCUT2D eigenvalue weighted by molar-refractivity contribution is -0.137. The fraction of sp³-hybridized carbons (Fsp3) is 0.357. The van der Waals surface area contributed by atoms with Crippen molar-refractivity contribution >= 4 is 16.9 Å². The standard InChI is InChI=1S/C14H17NO4/c1-8-5-10-6-9(11(15)3-4-13(16)17)7-12(18-2)14(10)19-8/h5-7,11H,3-4,15H2,1-2H3,(H,16,17). The van der Waals surface area contributed by atoms with Crippen LogP contribution >= 0.6 is 0 Å². The molecule has 0 aliphatic carbocycles. The molecule has 1 aromatic heterocycles.